The number of benzene rings is 3. The highest BCUT2D eigenvalue weighted by Gasteiger charge is 2.22. The number of rotatable bonds is 6. The van der Waals surface area contributed by atoms with Crippen LogP contribution in [0.5, 0.6) is 11.5 Å². The Hall–Kier alpha value is -4.28. The van der Waals surface area contributed by atoms with Crippen LogP contribution in [0.2, 0.25) is 5.02 Å². The Balaban J connectivity index is 1.75. The number of methoxy groups -OCH3 is 2. The maximum atomic E-state index is 13.4. The largest absolute Gasteiger partial charge is 0.497 e. The second kappa shape index (κ2) is 9.92. The standard InChI is InChI=1S/C27H22ClN3O4/c1-16-21(14-26(32)30-23-12-17(15-29)4-11-25(23)35-3)22-13-20(34-2)9-10-24(22)31(16)27(33)18-5-7-19(28)8-6-18/h4-13H,14H2,1-3H3,(H,30,32). The topological polar surface area (TPSA) is 93.3 Å². The number of amides is 1. The molecule has 7 nitrogen and oxygen atoms in total. The molecule has 3 aromatic carbocycles. The zero-order valence-electron chi connectivity index (χ0n) is 19.4. The summed E-state index contributed by atoms with van der Waals surface area (Å²) in [5, 5.41) is 13.3. The molecule has 0 aliphatic carbocycles. The lowest BCUT2D eigenvalue weighted by atomic mass is 10.1. The van der Waals surface area contributed by atoms with Gasteiger partial charge in [0.25, 0.3) is 5.91 Å². The van der Waals surface area contributed by atoms with Gasteiger partial charge in [0.1, 0.15) is 11.5 Å². The average molecular weight is 488 g/mol. The highest BCUT2D eigenvalue weighted by Crippen LogP contribution is 2.32. The van der Waals surface area contributed by atoms with Crippen molar-refractivity contribution < 1.29 is 19.1 Å². The molecule has 0 bridgehead atoms. The number of nitrogens with zero attached hydrogens (tertiary/aromatic N) is 2. The molecule has 1 amide bonds. The van der Waals surface area contributed by atoms with Crippen molar-refractivity contribution in [2.75, 3.05) is 19.5 Å². The number of nitrogens with one attached hydrogen (secondary N) is 1. The average Bonchev–Trinajstić information content (AvgIpc) is 3.14. The van der Waals surface area contributed by atoms with E-state index in [2.05, 4.69) is 11.4 Å². The maximum absolute atomic E-state index is 13.4. The van der Waals surface area contributed by atoms with Crippen LogP contribution < -0.4 is 14.8 Å². The Morgan fingerprint density at radius 3 is 2.43 bits per heavy atom. The predicted molar refractivity (Wildman–Crippen MR) is 134 cm³/mol. The first-order valence-electron chi connectivity index (χ1n) is 10.7. The number of hydrogen-bond donors (Lipinski definition) is 1. The first-order valence-corrected chi connectivity index (χ1v) is 11.1. The van der Waals surface area contributed by atoms with Gasteiger partial charge in [-0.15, -0.1) is 0 Å². The second-order valence-electron chi connectivity index (χ2n) is 7.85. The van der Waals surface area contributed by atoms with Crippen LogP contribution in [-0.4, -0.2) is 30.6 Å². The van der Waals surface area contributed by atoms with E-state index >= 15 is 0 Å². The second-order valence-corrected chi connectivity index (χ2v) is 8.28. The number of anilines is 1. The van der Waals surface area contributed by atoms with Crippen LogP contribution in [0.4, 0.5) is 5.69 Å². The third kappa shape index (κ3) is 4.70. The van der Waals surface area contributed by atoms with E-state index in [1.807, 2.05) is 6.07 Å². The molecule has 4 rings (SSSR count). The Morgan fingerprint density at radius 1 is 1.03 bits per heavy atom. The van der Waals surface area contributed by atoms with E-state index in [1.165, 1.54) is 7.11 Å². The molecule has 0 spiro atoms. The van der Waals surface area contributed by atoms with Gasteiger partial charge in [-0.1, -0.05) is 11.6 Å². The molecule has 0 aliphatic heterocycles. The van der Waals surface area contributed by atoms with Crippen molar-refractivity contribution in [3.63, 3.8) is 0 Å². The lowest BCUT2D eigenvalue weighted by Crippen LogP contribution is -2.17. The summed E-state index contributed by atoms with van der Waals surface area (Å²) in [6.45, 7) is 1.81. The predicted octanol–water partition coefficient (Wildman–Crippen LogP) is 5.36. The first-order chi connectivity index (χ1) is 16.9. The fourth-order valence-electron chi connectivity index (χ4n) is 4.03. The lowest BCUT2D eigenvalue weighted by molar-refractivity contribution is -0.115. The fraction of sp³-hybridized carbons (Fsp3) is 0.148. The van der Waals surface area contributed by atoms with Crippen LogP contribution in [0.3, 0.4) is 0 Å². The van der Waals surface area contributed by atoms with E-state index in [1.54, 1.807) is 73.2 Å². The summed E-state index contributed by atoms with van der Waals surface area (Å²) in [6, 6.07) is 18.9. The molecule has 1 heterocycles. The van der Waals surface area contributed by atoms with Gasteiger partial charge in [0, 0.05) is 21.7 Å². The summed E-state index contributed by atoms with van der Waals surface area (Å²) in [5.41, 5.74) is 3.25. The van der Waals surface area contributed by atoms with E-state index < -0.39 is 0 Å². The van der Waals surface area contributed by atoms with E-state index in [4.69, 9.17) is 21.1 Å². The van der Waals surface area contributed by atoms with Gasteiger partial charge in [0.05, 0.1) is 43.5 Å². The van der Waals surface area contributed by atoms with E-state index in [9.17, 15) is 14.9 Å². The van der Waals surface area contributed by atoms with E-state index in [0.29, 0.717) is 50.1 Å². The van der Waals surface area contributed by atoms with E-state index in [-0.39, 0.29) is 18.2 Å². The minimum absolute atomic E-state index is 0.00364. The Bertz CT molecular complexity index is 1480. The normalized spacial score (nSPS) is 10.6. The summed E-state index contributed by atoms with van der Waals surface area (Å²) in [6.07, 6.45) is -0.00364. The summed E-state index contributed by atoms with van der Waals surface area (Å²) < 4.78 is 12.3. The highest BCUT2D eigenvalue weighted by molar-refractivity contribution is 6.30. The van der Waals surface area contributed by atoms with E-state index in [0.717, 1.165) is 5.39 Å². The van der Waals surface area contributed by atoms with Gasteiger partial charge in [0.2, 0.25) is 5.91 Å². The number of hydrogen-bond acceptors (Lipinski definition) is 5. The SMILES string of the molecule is COc1ccc2c(c1)c(CC(=O)Nc1cc(C#N)ccc1OC)c(C)n2C(=O)c1ccc(Cl)cc1. The van der Waals surface area contributed by atoms with Crippen LogP contribution in [0.25, 0.3) is 10.9 Å². The molecule has 0 aliphatic rings. The number of aromatic nitrogens is 1. The number of nitriles is 1. The molecule has 35 heavy (non-hydrogen) atoms. The van der Waals surface area contributed by atoms with Crippen molar-refractivity contribution in [1.29, 1.82) is 5.26 Å². The Kier molecular flexibility index (Phi) is 6.76. The number of carbonyl (C=O) groups is 2. The van der Waals surface area contributed by atoms with Gasteiger partial charge in [-0.05, 0) is 73.2 Å². The van der Waals surface area contributed by atoms with Crippen LogP contribution >= 0.6 is 11.6 Å². The number of halogens is 1. The molecule has 8 heteroatoms. The van der Waals surface area contributed by atoms with Gasteiger partial charge >= 0.3 is 0 Å². The van der Waals surface area contributed by atoms with Crippen LogP contribution in [0.15, 0.2) is 60.7 Å². The fourth-order valence-corrected chi connectivity index (χ4v) is 4.15. The molecule has 0 unspecified atom stereocenters. The molecule has 0 fully saturated rings. The maximum Gasteiger partial charge on any atom is 0.262 e. The molecule has 0 atom stereocenters. The van der Waals surface area contributed by atoms with Gasteiger partial charge in [-0.3, -0.25) is 14.2 Å². The van der Waals surface area contributed by atoms with Gasteiger partial charge in [-0.25, -0.2) is 0 Å². The third-order valence-corrected chi connectivity index (χ3v) is 6.03. The monoisotopic (exact) mass is 487 g/mol. The van der Waals surface area contributed by atoms with Gasteiger partial charge < -0.3 is 14.8 Å². The zero-order valence-corrected chi connectivity index (χ0v) is 20.1. The zero-order chi connectivity index (χ0) is 25.1. The minimum atomic E-state index is -0.317. The number of carbonyl (C=O) groups excluding carboxylic acids is 2. The summed E-state index contributed by atoms with van der Waals surface area (Å²) >= 11 is 5.99. The van der Waals surface area contributed by atoms with Crippen molar-refractivity contribution in [3.05, 3.63) is 88.1 Å². The van der Waals surface area contributed by atoms with Crippen molar-refractivity contribution >= 4 is 40.0 Å². The Labute approximate surface area is 207 Å². The molecular formula is C27H22ClN3O4. The lowest BCUT2D eigenvalue weighted by Gasteiger charge is -2.11. The van der Waals surface area contributed by atoms with Crippen molar-refractivity contribution in [2.45, 2.75) is 13.3 Å². The van der Waals surface area contributed by atoms with Crippen molar-refractivity contribution in [3.8, 4) is 17.6 Å². The summed E-state index contributed by atoms with van der Waals surface area (Å²) in [5.74, 6) is 0.501. The molecule has 0 radical (unpaired) electrons. The molecule has 1 aromatic heterocycles. The smallest absolute Gasteiger partial charge is 0.262 e. The molecule has 0 saturated carbocycles. The first kappa shape index (κ1) is 23.9. The molecule has 0 saturated heterocycles. The molecule has 1 N–H and O–H groups in total. The van der Waals surface area contributed by atoms with Crippen LogP contribution in [0, 0.1) is 18.3 Å². The van der Waals surface area contributed by atoms with Crippen molar-refractivity contribution in [1.82, 2.24) is 4.57 Å². The minimum Gasteiger partial charge on any atom is -0.497 e. The van der Waals surface area contributed by atoms with Crippen LogP contribution in [0.1, 0.15) is 27.2 Å². The third-order valence-electron chi connectivity index (χ3n) is 5.78. The highest BCUT2D eigenvalue weighted by atomic mass is 35.5. The van der Waals surface area contributed by atoms with Crippen LogP contribution in [-0.2, 0) is 11.2 Å². The molecule has 4 aromatic rings. The van der Waals surface area contributed by atoms with Crippen molar-refractivity contribution in [2.24, 2.45) is 0 Å². The number of ether oxygens (including phenoxy) is 2. The molecule has 176 valence electrons. The van der Waals surface area contributed by atoms with Gasteiger partial charge in [0.15, 0.2) is 0 Å². The van der Waals surface area contributed by atoms with Gasteiger partial charge in [-0.2, -0.15) is 5.26 Å². The summed E-state index contributed by atoms with van der Waals surface area (Å²) in [4.78, 5) is 26.5. The summed E-state index contributed by atoms with van der Waals surface area (Å²) in [7, 11) is 3.05. The quantitative estimate of drug-likeness (QED) is 0.395. The Morgan fingerprint density at radius 2 is 1.77 bits per heavy atom. The molecular weight excluding hydrogens is 466 g/mol. The number of fused-ring (bicyclic) bond motifs is 1.